The third-order valence-corrected chi connectivity index (χ3v) is 8.50. The van der Waals surface area contributed by atoms with E-state index in [9.17, 15) is 4.79 Å². The number of hydrogen-bond donors (Lipinski definition) is 1. The average Bonchev–Trinajstić information content (AvgIpc) is 3.48. The van der Waals surface area contributed by atoms with Crippen LogP contribution < -0.4 is 5.32 Å². The number of fused-ring (bicyclic) bond motifs is 1. The van der Waals surface area contributed by atoms with E-state index in [1.54, 1.807) is 0 Å². The van der Waals surface area contributed by atoms with Crippen LogP contribution in [0.3, 0.4) is 0 Å². The van der Waals surface area contributed by atoms with Crippen LogP contribution in [0.25, 0.3) is 0 Å². The Balaban J connectivity index is 1.33. The number of nitrogens with one attached hydrogen (secondary N) is 1. The third-order valence-electron chi connectivity index (χ3n) is 8.50. The maximum Gasteiger partial charge on any atom is 0.313 e. The first-order chi connectivity index (χ1) is 22.2. The molecular formula is C38H41NO6. The minimum absolute atomic E-state index is 0.272. The van der Waals surface area contributed by atoms with Crippen LogP contribution >= 0.6 is 0 Å². The topological polar surface area (TPSA) is 75.3 Å². The molecule has 0 bridgehead atoms. The van der Waals surface area contributed by atoms with Crippen molar-refractivity contribution in [3.8, 4) is 0 Å². The van der Waals surface area contributed by atoms with Gasteiger partial charge in [-0.2, -0.15) is 0 Å². The van der Waals surface area contributed by atoms with Crippen molar-refractivity contribution in [3.63, 3.8) is 0 Å². The van der Waals surface area contributed by atoms with Gasteiger partial charge in [0.15, 0.2) is 0 Å². The fraction of sp³-hybridized carbons (Fsp3) is 0.342. The number of benzene rings is 4. The van der Waals surface area contributed by atoms with Gasteiger partial charge in [-0.1, -0.05) is 121 Å². The molecule has 4 aromatic carbocycles. The monoisotopic (exact) mass is 607 g/mol. The highest BCUT2D eigenvalue weighted by molar-refractivity contribution is 5.75. The molecule has 7 atom stereocenters. The van der Waals surface area contributed by atoms with E-state index in [-0.39, 0.29) is 31.3 Å². The molecule has 2 heterocycles. The summed E-state index contributed by atoms with van der Waals surface area (Å²) in [5.41, 5.74) is 4.17. The third kappa shape index (κ3) is 7.69. The van der Waals surface area contributed by atoms with Crippen LogP contribution in [0.1, 0.15) is 35.2 Å². The van der Waals surface area contributed by atoms with Crippen LogP contribution in [0.4, 0.5) is 0 Å². The SMILES string of the molecule is CCOC(=O)[C@H]1[C@H]2O[C@H](COCc3ccccc3)[C@@H](OCc3ccccc3)[C@H](OCc3ccccc3)[C@H]2N[C@@H]1c1ccccc1. The number of rotatable bonds is 13. The normalized spacial score (nSPS) is 25.8. The quantitative estimate of drug-likeness (QED) is 0.186. The molecule has 2 aliphatic heterocycles. The zero-order valence-electron chi connectivity index (χ0n) is 25.6. The molecule has 0 saturated carbocycles. The van der Waals surface area contributed by atoms with Gasteiger partial charge in [-0.3, -0.25) is 4.79 Å². The molecule has 45 heavy (non-hydrogen) atoms. The number of carbonyl (C=O) groups excluding carboxylic acids is 1. The highest BCUT2D eigenvalue weighted by atomic mass is 16.6. The summed E-state index contributed by atoms with van der Waals surface area (Å²) >= 11 is 0. The molecule has 2 fully saturated rings. The van der Waals surface area contributed by atoms with Crippen molar-refractivity contribution in [1.82, 2.24) is 5.32 Å². The van der Waals surface area contributed by atoms with Gasteiger partial charge in [0.05, 0.1) is 45.2 Å². The van der Waals surface area contributed by atoms with Crippen molar-refractivity contribution in [2.24, 2.45) is 5.92 Å². The zero-order chi connectivity index (χ0) is 30.8. The van der Waals surface area contributed by atoms with Crippen LogP contribution in [-0.4, -0.2) is 49.6 Å². The lowest BCUT2D eigenvalue weighted by Crippen LogP contribution is -2.62. The van der Waals surface area contributed by atoms with E-state index >= 15 is 0 Å². The van der Waals surface area contributed by atoms with Gasteiger partial charge in [0.1, 0.15) is 24.2 Å². The Morgan fingerprint density at radius 1 is 0.689 bits per heavy atom. The van der Waals surface area contributed by atoms with Crippen molar-refractivity contribution in [2.75, 3.05) is 13.2 Å². The van der Waals surface area contributed by atoms with E-state index in [1.807, 2.05) is 128 Å². The first kappa shape index (κ1) is 31.1. The minimum Gasteiger partial charge on any atom is -0.466 e. The molecule has 1 N–H and O–H groups in total. The fourth-order valence-corrected chi connectivity index (χ4v) is 6.37. The lowest BCUT2D eigenvalue weighted by atomic mass is 9.86. The summed E-state index contributed by atoms with van der Waals surface area (Å²) in [5.74, 6) is -0.868. The van der Waals surface area contributed by atoms with Gasteiger partial charge in [-0.05, 0) is 29.2 Å². The molecule has 0 spiro atoms. The van der Waals surface area contributed by atoms with Crippen LogP contribution in [0, 0.1) is 5.92 Å². The van der Waals surface area contributed by atoms with Gasteiger partial charge in [0.25, 0.3) is 0 Å². The van der Waals surface area contributed by atoms with Crippen LogP contribution in [0.15, 0.2) is 121 Å². The Hall–Kier alpha value is -3.85. The predicted octanol–water partition coefficient (Wildman–Crippen LogP) is 6.03. The van der Waals surface area contributed by atoms with Gasteiger partial charge in [-0.15, -0.1) is 0 Å². The molecule has 7 heteroatoms. The van der Waals surface area contributed by atoms with Gasteiger partial charge < -0.3 is 29.0 Å². The van der Waals surface area contributed by atoms with Crippen molar-refractivity contribution in [3.05, 3.63) is 144 Å². The highest BCUT2D eigenvalue weighted by Gasteiger charge is 2.58. The van der Waals surface area contributed by atoms with E-state index in [0.29, 0.717) is 19.8 Å². The van der Waals surface area contributed by atoms with Crippen molar-refractivity contribution >= 4 is 5.97 Å². The summed E-state index contributed by atoms with van der Waals surface area (Å²) in [5, 5.41) is 3.74. The maximum absolute atomic E-state index is 13.6. The summed E-state index contributed by atoms with van der Waals surface area (Å²) in [6, 6.07) is 39.6. The predicted molar refractivity (Wildman–Crippen MR) is 171 cm³/mol. The molecule has 6 rings (SSSR count). The summed E-state index contributed by atoms with van der Waals surface area (Å²) in [7, 11) is 0. The molecule has 2 aliphatic rings. The van der Waals surface area contributed by atoms with Gasteiger partial charge in [0, 0.05) is 6.04 Å². The molecule has 234 valence electrons. The second kappa shape index (κ2) is 15.4. The number of carbonyl (C=O) groups is 1. The number of ether oxygens (including phenoxy) is 5. The lowest BCUT2D eigenvalue weighted by Gasteiger charge is -2.44. The standard InChI is InChI=1S/C38H41NO6/c1-2-42-38(40)32-33(30-21-13-6-14-22-30)39-34-36(32)45-31(26-41-23-27-15-7-3-8-16-27)35(43-24-28-17-9-4-10-18-28)37(34)44-25-29-19-11-5-12-20-29/h3-22,31-37,39H,2,23-26H2,1H3/t31-,32-,33-,34+,35-,36-,37-/m1/s1. The average molecular weight is 608 g/mol. The molecule has 0 radical (unpaired) electrons. The van der Waals surface area contributed by atoms with Gasteiger partial charge >= 0.3 is 5.97 Å². The van der Waals surface area contributed by atoms with Crippen molar-refractivity contribution < 1.29 is 28.5 Å². The van der Waals surface area contributed by atoms with E-state index < -0.39 is 30.3 Å². The summed E-state index contributed by atoms with van der Waals surface area (Å²) in [4.78, 5) is 13.6. The molecular weight excluding hydrogens is 566 g/mol. The number of hydrogen-bond acceptors (Lipinski definition) is 7. The Morgan fingerprint density at radius 2 is 1.20 bits per heavy atom. The largest absolute Gasteiger partial charge is 0.466 e. The second-order valence-corrected chi connectivity index (χ2v) is 11.5. The van der Waals surface area contributed by atoms with Crippen LogP contribution in [0.2, 0.25) is 0 Å². The Bertz CT molecular complexity index is 1460. The van der Waals surface area contributed by atoms with Crippen molar-refractivity contribution in [2.45, 2.75) is 63.2 Å². The Morgan fingerprint density at radius 3 is 1.76 bits per heavy atom. The molecule has 2 saturated heterocycles. The Labute approximate surface area is 265 Å². The molecule has 0 aromatic heterocycles. The second-order valence-electron chi connectivity index (χ2n) is 11.5. The van der Waals surface area contributed by atoms with E-state index in [2.05, 4.69) is 5.32 Å². The van der Waals surface area contributed by atoms with Gasteiger partial charge in [0.2, 0.25) is 0 Å². The molecule has 7 nitrogen and oxygen atoms in total. The maximum atomic E-state index is 13.6. The first-order valence-corrected chi connectivity index (χ1v) is 15.8. The zero-order valence-corrected chi connectivity index (χ0v) is 25.6. The fourth-order valence-electron chi connectivity index (χ4n) is 6.37. The molecule has 0 unspecified atom stereocenters. The van der Waals surface area contributed by atoms with Gasteiger partial charge in [-0.25, -0.2) is 0 Å². The lowest BCUT2D eigenvalue weighted by molar-refractivity contribution is -0.232. The number of esters is 1. The van der Waals surface area contributed by atoms with Crippen molar-refractivity contribution in [1.29, 1.82) is 0 Å². The first-order valence-electron chi connectivity index (χ1n) is 15.8. The van der Waals surface area contributed by atoms with Crippen LogP contribution in [-0.2, 0) is 48.3 Å². The molecule has 4 aromatic rings. The van der Waals surface area contributed by atoms with E-state index in [1.165, 1.54) is 0 Å². The Kier molecular flexibility index (Phi) is 10.7. The van der Waals surface area contributed by atoms with Crippen LogP contribution in [0.5, 0.6) is 0 Å². The summed E-state index contributed by atoms with van der Waals surface area (Å²) in [6.07, 6.45) is -1.93. The highest BCUT2D eigenvalue weighted by Crippen LogP contribution is 2.42. The smallest absolute Gasteiger partial charge is 0.313 e. The molecule has 0 amide bonds. The minimum atomic E-state index is -0.577. The molecule has 0 aliphatic carbocycles. The summed E-state index contributed by atoms with van der Waals surface area (Å²) in [6.45, 7) is 3.59. The van der Waals surface area contributed by atoms with E-state index in [0.717, 1.165) is 22.3 Å². The van der Waals surface area contributed by atoms with E-state index in [4.69, 9.17) is 23.7 Å². The summed E-state index contributed by atoms with van der Waals surface area (Å²) < 4.78 is 32.2.